The van der Waals surface area contributed by atoms with Crippen molar-refractivity contribution in [2.75, 3.05) is 10.6 Å². The first-order chi connectivity index (χ1) is 17.4. The topological polar surface area (TPSA) is 108 Å². The van der Waals surface area contributed by atoms with E-state index in [1.165, 1.54) is 18.3 Å². The second-order valence-corrected chi connectivity index (χ2v) is 9.37. The summed E-state index contributed by atoms with van der Waals surface area (Å²) in [6.07, 6.45) is -1.91. The number of aliphatic carboxylic acids is 1. The summed E-state index contributed by atoms with van der Waals surface area (Å²) >= 11 is 0.976. The maximum Gasteiger partial charge on any atom is 0.416 e. The van der Waals surface area contributed by atoms with Gasteiger partial charge in [-0.15, -0.1) is 11.3 Å². The highest BCUT2D eigenvalue weighted by Gasteiger charge is 2.39. The SMILES string of the molecule is O=C(Nc1ccc(-c2cnc(C(=O)[C@H]3CCC[C@@H]3C(=O)O)s2)cc1F)Nc1cc(C(F)(F)F)ccc1F. The van der Waals surface area contributed by atoms with Crippen LogP contribution in [-0.4, -0.2) is 27.9 Å². The molecule has 4 rings (SSSR count). The highest BCUT2D eigenvalue weighted by atomic mass is 32.1. The zero-order valence-electron chi connectivity index (χ0n) is 18.7. The molecule has 1 heterocycles. The third-order valence-electron chi connectivity index (χ3n) is 5.93. The molecule has 1 aliphatic rings. The summed E-state index contributed by atoms with van der Waals surface area (Å²) in [5.74, 6) is -4.85. The zero-order chi connectivity index (χ0) is 26.9. The number of hydrogen-bond donors (Lipinski definition) is 3. The van der Waals surface area contributed by atoms with E-state index >= 15 is 0 Å². The van der Waals surface area contributed by atoms with Gasteiger partial charge >= 0.3 is 18.2 Å². The Morgan fingerprint density at radius 2 is 1.65 bits per heavy atom. The number of hydrogen-bond acceptors (Lipinski definition) is 5. The summed E-state index contributed by atoms with van der Waals surface area (Å²) < 4.78 is 67.1. The molecule has 194 valence electrons. The average Bonchev–Trinajstić information content (AvgIpc) is 3.51. The molecule has 1 saturated carbocycles. The van der Waals surface area contributed by atoms with Gasteiger partial charge in [0, 0.05) is 12.1 Å². The van der Waals surface area contributed by atoms with Crippen LogP contribution in [0.4, 0.5) is 38.1 Å². The Morgan fingerprint density at radius 1 is 0.946 bits per heavy atom. The van der Waals surface area contributed by atoms with Crippen LogP contribution in [0, 0.1) is 23.5 Å². The summed E-state index contributed by atoms with van der Waals surface area (Å²) in [5, 5.41) is 13.4. The number of aromatic nitrogens is 1. The van der Waals surface area contributed by atoms with E-state index in [0.29, 0.717) is 47.9 Å². The largest absolute Gasteiger partial charge is 0.481 e. The number of halogens is 5. The third kappa shape index (κ3) is 5.77. The fraction of sp³-hybridized carbons (Fsp3) is 0.250. The maximum atomic E-state index is 14.7. The first kappa shape index (κ1) is 26.2. The summed E-state index contributed by atoms with van der Waals surface area (Å²) in [7, 11) is 0. The van der Waals surface area contributed by atoms with Gasteiger partial charge in [-0.2, -0.15) is 13.2 Å². The molecule has 0 aliphatic heterocycles. The summed E-state index contributed by atoms with van der Waals surface area (Å²) in [5.41, 5.74) is -1.91. The second kappa shape index (κ2) is 10.2. The summed E-state index contributed by atoms with van der Waals surface area (Å²) in [6.45, 7) is 0. The predicted octanol–water partition coefficient (Wildman–Crippen LogP) is 6.43. The van der Waals surface area contributed by atoms with Crippen molar-refractivity contribution in [2.24, 2.45) is 11.8 Å². The number of nitrogens with zero attached hydrogens (tertiary/aromatic N) is 1. The number of carboxylic acids is 1. The van der Waals surface area contributed by atoms with Gasteiger partial charge in [-0.25, -0.2) is 18.6 Å². The first-order valence-electron chi connectivity index (χ1n) is 10.9. The highest BCUT2D eigenvalue weighted by molar-refractivity contribution is 7.17. The van der Waals surface area contributed by atoms with Gasteiger partial charge in [0.2, 0.25) is 0 Å². The van der Waals surface area contributed by atoms with Crippen molar-refractivity contribution in [1.82, 2.24) is 4.98 Å². The number of nitrogens with one attached hydrogen (secondary N) is 2. The number of benzene rings is 2. The first-order valence-corrected chi connectivity index (χ1v) is 11.7. The van der Waals surface area contributed by atoms with Crippen LogP contribution in [0.25, 0.3) is 10.4 Å². The molecule has 0 unspecified atom stereocenters. The number of carbonyl (C=O) groups is 3. The van der Waals surface area contributed by atoms with Crippen molar-refractivity contribution in [1.29, 1.82) is 0 Å². The third-order valence-corrected chi connectivity index (χ3v) is 6.99. The van der Waals surface area contributed by atoms with E-state index in [0.717, 1.165) is 17.4 Å². The second-order valence-electron chi connectivity index (χ2n) is 8.34. The van der Waals surface area contributed by atoms with Gasteiger partial charge in [0.25, 0.3) is 0 Å². The van der Waals surface area contributed by atoms with Gasteiger partial charge in [-0.05, 0) is 48.7 Å². The van der Waals surface area contributed by atoms with Gasteiger partial charge in [0.05, 0.1) is 27.7 Å². The number of Topliss-reactive ketones (excluding diaryl/α,β-unsaturated/α-hetero) is 1. The number of amides is 2. The molecule has 1 aromatic heterocycles. The smallest absolute Gasteiger partial charge is 0.416 e. The molecule has 2 aromatic carbocycles. The van der Waals surface area contributed by atoms with Crippen LogP contribution in [0.1, 0.15) is 34.6 Å². The standard InChI is InChI=1S/C24H18F5N3O4S/c25-15-6-5-12(24(27,28)29)9-18(15)32-23(36)31-17-7-4-11(8-16(17)26)19-10-30-21(37-19)20(33)13-2-1-3-14(13)22(34)35/h4-10,13-14H,1-3H2,(H,34,35)(H2,31,32,36)/t13-,14-/m0/s1. The molecular weight excluding hydrogens is 521 g/mol. The van der Waals surface area contributed by atoms with Crippen molar-refractivity contribution in [3.05, 3.63) is 64.8 Å². The minimum atomic E-state index is -4.75. The summed E-state index contributed by atoms with van der Waals surface area (Å²) in [6, 6.07) is 3.98. The lowest BCUT2D eigenvalue weighted by atomic mass is 9.92. The predicted molar refractivity (Wildman–Crippen MR) is 124 cm³/mol. The molecule has 7 nitrogen and oxygen atoms in total. The van der Waals surface area contributed by atoms with E-state index in [1.807, 2.05) is 5.32 Å². The molecule has 2 atom stereocenters. The zero-order valence-corrected chi connectivity index (χ0v) is 19.6. The molecule has 1 fully saturated rings. The molecule has 1 aliphatic carbocycles. The fourth-order valence-electron chi connectivity index (χ4n) is 4.09. The lowest BCUT2D eigenvalue weighted by Gasteiger charge is -2.12. The van der Waals surface area contributed by atoms with Gasteiger partial charge in [-0.3, -0.25) is 9.59 Å². The highest BCUT2D eigenvalue weighted by Crippen LogP contribution is 2.37. The van der Waals surface area contributed by atoms with E-state index in [2.05, 4.69) is 10.3 Å². The van der Waals surface area contributed by atoms with E-state index in [4.69, 9.17) is 0 Å². The number of carbonyl (C=O) groups excluding carboxylic acids is 2. The van der Waals surface area contributed by atoms with E-state index in [-0.39, 0.29) is 16.5 Å². The maximum absolute atomic E-state index is 14.7. The number of thiazole rings is 1. The van der Waals surface area contributed by atoms with E-state index in [9.17, 15) is 41.4 Å². The van der Waals surface area contributed by atoms with Crippen molar-refractivity contribution in [3.63, 3.8) is 0 Å². The van der Waals surface area contributed by atoms with Crippen LogP contribution in [0.2, 0.25) is 0 Å². The Morgan fingerprint density at radius 3 is 2.32 bits per heavy atom. The number of rotatable bonds is 6. The monoisotopic (exact) mass is 539 g/mol. The molecular formula is C24H18F5N3O4S. The van der Waals surface area contributed by atoms with Crippen LogP contribution < -0.4 is 10.6 Å². The van der Waals surface area contributed by atoms with E-state index < -0.39 is 52.9 Å². The summed E-state index contributed by atoms with van der Waals surface area (Å²) in [4.78, 5) is 40.8. The quantitative estimate of drug-likeness (QED) is 0.247. The minimum Gasteiger partial charge on any atom is -0.481 e. The Hall–Kier alpha value is -3.87. The van der Waals surface area contributed by atoms with Crippen molar-refractivity contribution in [2.45, 2.75) is 25.4 Å². The number of urea groups is 1. The van der Waals surface area contributed by atoms with Crippen LogP contribution >= 0.6 is 11.3 Å². The number of anilines is 2. The van der Waals surface area contributed by atoms with Crippen LogP contribution in [0.15, 0.2) is 42.6 Å². The van der Waals surface area contributed by atoms with Crippen molar-refractivity contribution < 1.29 is 41.4 Å². The Kier molecular flexibility index (Phi) is 7.25. The van der Waals surface area contributed by atoms with Gasteiger partial charge in [-0.1, -0.05) is 12.5 Å². The average molecular weight is 539 g/mol. The van der Waals surface area contributed by atoms with Crippen molar-refractivity contribution in [3.8, 4) is 10.4 Å². The Labute approximate surface area is 210 Å². The van der Waals surface area contributed by atoms with Crippen LogP contribution in [-0.2, 0) is 11.0 Å². The fourth-order valence-corrected chi connectivity index (χ4v) is 5.01. The van der Waals surface area contributed by atoms with Crippen LogP contribution in [0.5, 0.6) is 0 Å². The van der Waals surface area contributed by atoms with Crippen molar-refractivity contribution >= 4 is 40.5 Å². The molecule has 0 saturated heterocycles. The normalized spacial score (nSPS) is 17.4. The molecule has 3 aromatic rings. The molecule has 0 spiro atoms. The minimum absolute atomic E-state index is 0.109. The van der Waals surface area contributed by atoms with Crippen LogP contribution in [0.3, 0.4) is 0 Å². The molecule has 13 heteroatoms. The van der Waals surface area contributed by atoms with Gasteiger partial charge < -0.3 is 15.7 Å². The Balaban J connectivity index is 1.45. The lowest BCUT2D eigenvalue weighted by molar-refractivity contribution is -0.142. The lowest BCUT2D eigenvalue weighted by Crippen LogP contribution is -2.25. The molecule has 3 N–H and O–H groups in total. The number of alkyl halides is 3. The Bertz CT molecular complexity index is 1370. The number of ketones is 1. The van der Waals surface area contributed by atoms with E-state index in [1.54, 1.807) is 0 Å². The van der Waals surface area contributed by atoms with Gasteiger partial charge in [0.15, 0.2) is 10.8 Å². The molecule has 2 amide bonds. The number of carboxylic acid groups (broad SMARTS) is 1. The molecule has 37 heavy (non-hydrogen) atoms. The molecule has 0 bridgehead atoms. The van der Waals surface area contributed by atoms with Gasteiger partial charge in [0.1, 0.15) is 11.6 Å². The molecule has 0 radical (unpaired) electrons.